The van der Waals surface area contributed by atoms with Gasteiger partial charge in [-0.05, 0) is 38.4 Å². The molecule has 6 nitrogen and oxygen atoms in total. The monoisotopic (exact) mass is 341 g/mol. The van der Waals surface area contributed by atoms with E-state index < -0.39 is 0 Å². The molecule has 0 saturated carbocycles. The number of nitrogens with zero attached hydrogens (tertiary/aromatic N) is 4. The molecule has 0 amide bonds. The van der Waals surface area contributed by atoms with E-state index in [1.807, 2.05) is 37.5 Å². The predicted octanol–water partition coefficient (Wildman–Crippen LogP) is 1.84. The molecule has 1 spiro atoms. The molecule has 4 heterocycles. The number of nitrogens with one attached hydrogen (secondary N) is 1. The first-order valence-electron chi connectivity index (χ1n) is 9.04. The van der Waals surface area contributed by atoms with Crippen LogP contribution in [0.25, 0.3) is 0 Å². The predicted molar refractivity (Wildman–Crippen MR) is 96.0 cm³/mol. The summed E-state index contributed by atoms with van der Waals surface area (Å²) in [5.41, 5.74) is 3.68. The number of ether oxygens (including phenoxy) is 1. The first-order valence-corrected chi connectivity index (χ1v) is 9.04. The van der Waals surface area contributed by atoms with Crippen molar-refractivity contribution in [3.63, 3.8) is 0 Å². The van der Waals surface area contributed by atoms with E-state index in [0.29, 0.717) is 18.1 Å². The molecular formula is C19H27N5O. The van der Waals surface area contributed by atoms with Crippen molar-refractivity contribution in [2.24, 2.45) is 5.92 Å². The Labute approximate surface area is 149 Å². The zero-order valence-corrected chi connectivity index (χ0v) is 15.1. The Kier molecular flexibility index (Phi) is 4.58. The maximum absolute atomic E-state index is 5.97. The Bertz CT molecular complexity index is 696. The third-order valence-electron chi connectivity index (χ3n) is 5.56. The van der Waals surface area contributed by atoms with Gasteiger partial charge in [0.15, 0.2) is 0 Å². The van der Waals surface area contributed by atoms with Gasteiger partial charge in [-0.3, -0.25) is 19.9 Å². The fourth-order valence-electron chi connectivity index (χ4n) is 4.35. The Balaban J connectivity index is 1.23. The highest BCUT2D eigenvalue weighted by Gasteiger charge is 2.51. The number of aryl methyl sites for hydroxylation is 1. The molecule has 0 unspecified atom stereocenters. The summed E-state index contributed by atoms with van der Waals surface area (Å²) in [6.45, 7) is 7.86. The molecular weight excluding hydrogens is 314 g/mol. The number of H-pyrrole nitrogens is 1. The number of hydrogen-bond donors (Lipinski definition) is 1. The van der Waals surface area contributed by atoms with Crippen LogP contribution in [0.4, 0.5) is 0 Å². The average Bonchev–Trinajstić information content (AvgIpc) is 3.16. The van der Waals surface area contributed by atoms with Crippen LogP contribution in [0.15, 0.2) is 30.6 Å². The minimum atomic E-state index is 0.347. The van der Waals surface area contributed by atoms with E-state index in [-0.39, 0.29) is 0 Å². The highest BCUT2D eigenvalue weighted by atomic mass is 16.5. The third-order valence-corrected chi connectivity index (χ3v) is 5.56. The standard InChI is InChI=1S/C19H27N5O/c1-15-4-3-5-18(22-15)12-25-11-16-6-19(23(2)9-16)13-24(14-19)10-17-7-20-21-8-17/h3-5,7-8,16H,6,9-14H2,1-2H3,(H,20,21)/t16-/m0/s1. The minimum Gasteiger partial charge on any atom is -0.375 e. The van der Waals surface area contributed by atoms with Crippen molar-refractivity contribution in [3.05, 3.63) is 47.5 Å². The Hall–Kier alpha value is -1.76. The SMILES string of the molecule is Cc1cccc(COC[C@@H]2CN(C)C3(C2)CN(Cc2cn[nH]c2)C3)n1. The van der Waals surface area contributed by atoms with Crippen LogP contribution in [0.3, 0.4) is 0 Å². The Morgan fingerprint density at radius 1 is 1.36 bits per heavy atom. The first kappa shape index (κ1) is 16.7. The molecule has 134 valence electrons. The zero-order chi connectivity index (χ0) is 17.3. The average molecular weight is 341 g/mol. The van der Waals surface area contributed by atoms with Gasteiger partial charge in [0, 0.05) is 49.2 Å². The van der Waals surface area contributed by atoms with Gasteiger partial charge in [-0.2, -0.15) is 5.10 Å². The zero-order valence-electron chi connectivity index (χ0n) is 15.1. The van der Waals surface area contributed by atoms with Crippen LogP contribution in [0.1, 0.15) is 23.4 Å². The van der Waals surface area contributed by atoms with E-state index >= 15 is 0 Å². The van der Waals surface area contributed by atoms with Crippen molar-refractivity contribution in [1.82, 2.24) is 25.0 Å². The molecule has 2 aromatic heterocycles. The van der Waals surface area contributed by atoms with Crippen LogP contribution >= 0.6 is 0 Å². The van der Waals surface area contributed by atoms with Gasteiger partial charge in [0.05, 0.1) is 25.1 Å². The fourth-order valence-corrected chi connectivity index (χ4v) is 4.35. The summed E-state index contributed by atoms with van der Waals surface area (Å²) in [6.07, 6.45) is 5.13. The molecule has 6 heteroatoms. The van der Waals surface area contributed by atoms with Crippen LogP contribution in [0.2, 0.25) is 0 Å². The topological polar surface area (TPSA) is 57.3 Å². The maximum Gasteiger partial charge on any atom is 0.0888 e. The van der Waals surface area contributed by atoms with Crippen molar-refractivity contribution in [3.8, 4) is 0 Å². The number of aromatic amines is 1. The van der Waals surface area contributed by atoms with Gasteiger partial charge in [-0.25, -0.2) is 0 Å². The lowest BCUT2D eigenvalue weighted by Crippen LogP contribution is -2.66. The van der Waals surface area contributed by atoms with Gasteiger partial charge in [0.25, 0.3) is 0 Å². The smallest absolute Gasteiger partial charge is 0.0888 e. The summed E-state index contributed by atoms with van der Waals surface area (Å²) in [7, 11) is 2.26. The molecule has 0 radical (unpaired) electrons. The Morgan fingerprint density at radius 3 is 3.00 bits per heavy atom. The molecule has 2 aromatic rings. The second-order valence-corrected chi connectivity index (χ2v) is 7.71. The lowest BCUT2D eigenvalue weighted by molar-refractivity contribution is -0.0226. The van der Waals surface area contributed by atoms with Crippen LogP contribution in [-0.4, -0.2) is 63.8 Å². The maximum atomic E-state index is 5.97. The highest BCUT2D eigenvalue weighted by Crippen LogP contribution is 2.40. The van der Waals surface area contributed by atoms with E-state index in [1.54, 1.807) is 0 Å². The summed E-state index contributed by atoms with van der Waals surface area (Å²) in [4.78, 5) is 9.54. The molecule has 2 aliphatic rings. The molecule has 0 aliphatic carbocycles. The molecule has 25 heavy (non-hydrogen) atoms. The lowest BCUT2D eigenvalue weighted by Gasteiger charge is -2.52. The quantitative estimate of drug-likeness (QED) is 0.869. The van der Waals surface area contributed by atoms with Crippen LogP contribution in [-0.2, 0) is 17.9 Å². The van der Waals surface area contributed by atoms with Crippen molar-refractivity contribution >= 4 is 0 Å². The highest BCUT2D eigenvalue weighted by molar-refractivity contribution is 5.12. The molecule has 4 rings (SSSR count). The van der Waals surface area contributed by atoms with E-state index in [9.17, 15) is 0 Å². The normalized spacial score (nSPS) is 23.2. The second-order valence-electron chi connectivity index (χ2n) is 7.71. The summed E-state index contributed by atoms with van der Waals surface area (Å²) in [5, 5.41) is 6.92. The molecule has 1 atom stereocenters. The van der Waals surface area contributed by atoms with Crippen molar-refractivity contribution in [2.45, 2.75) is 32.0 Å². The molecule has 0 aromatic carbocycles. The van der Waals surface area contributed by atoms with E-state index in [1.165, 1.54) is 12.0 Å². The molecule has 2 saturated heterocycles. The number of rotatable bonds is 6. The second kappa shape index (κ2) is 6.86. The Morgan fingerprint density at radius 2 is 2.24 bits per heavy atom. The van der Waals surface area contributed by atoms with E-state index in [4.69, 9.17) is 4.74 Å². The summed E-state index contributed by atoms with van der Waals surface area (Å²) in [5.74, 6) is 0.617. The van der Waals surface area contributed by atoms with E-state index in [0.717, 1.165) is 44.2 Å². The van der Waals surface area contributed by atoms with Crippen molar-refractivity contribution < 1.29 is 4.74 Å². The largest absolute Gasteiger partial charge is 0.375 e. The number of likely N-dealkylation sites (tertiary alicyclic amines) is 2. The van der Waals surface area contributed by atoms with Crippen molar-refractivity contribution in [1.29, 1.82) is 0 Å². The summed E-state index contributed by atoms with van der Waals surface area (Å²) >= 11 is 0. The molecule has 0 bridgehead atoms. The van der Waals surface area contributed by atoms with Gasteiger partial charge in [0.2, 0.25) is 0 Å². The van der Waals surface area contributed by atoms with Crippen LogP contribution in [0.5, 0.6) is 0 Å². The van der Waals surface area contributed by atoms with E-state index in [2.05, 4.69) is 32.0 Å². The number of pyridine rings is 1. The van der Waals surface area contributed by atoms with Gasteiger partial charge >= 0.3 is 0 Å². The molecule has 1 N–H and O–H groups in total. The summed E-state index contributed by atoms with van der Waals surface area (Å²) < 4.78 is 5.97. The molecule has 2 aliphatic heterocycles. The van der Waals surface area contributed by atoms with Gasteiger partial charge < -0.3 is 4.74 Å². The summed E-state index contributed by atoms with van der Waals surface area (Å²) in [6, 6.07) is 6.10. The van der Waals surface area contributed by atoms with Gasteiger partial charge in [0.1, 0.15) is 0 Å². The van der Waals surface area contributed by atoms with Crippen LogP contribution in [0, 0.1) is 12.8 Å². The van der Waals surface area contributed by atoms with Gasteiger partial charge in [-0.15, -0.1) is 0 Å². The third kappa shape index (κ3) is 3.61. The number of likely N-dealkylation sites (N-methyl/N-ethyl adjacent to an activating group) is 1. The fraction of sp³-hybridized carbons (Fsp3) is 0.579. The minimum absolute atomic E-state index is 0.347. The van der Waals surface area contributed by atoms with Crippen molar-refractivity contribution in [2.75, 3.05) is 33.3 Å². The lowest BCUT2D eigenvalue weighted by atomic mass is 9.84. The van der Waals surface area contributed by atoms with Gasteiger partial charge in [-0.1, -0.05) is 6.07 Å². The van der Waals surface area contributed by atoms with Crippen LogP contribution < -0.4 is 0 Å². The number of hydrogen-bond acceptors (Lipinski definition) is 5. The number of aromatic nitrogens is 3. The first-order chi connectivity index (χ1) is 12.1. The molecule has 2 fully saturated rings.